The average molecular weight is 236 g/mol. The maximum absolute atomic E-state index is 11.3. The lowest BCUT2D eigenvalue weighted by atomic mass is 10.3. The first-order chi connectivity index (χ1) is 8.22. The lowest BCUT2D eigenvalue weighted by Gasteiger charge is -2.15. The van der Waals surface area contributed by atoms with Crippen molar-refractivity contribution in [3.05, 3.63) is 30.3 Å². The molecule has 0 spiro atoms. The van der Waals surface area contributed by atoms with Crippen LogP contribution < -0.4 is 15.4 Å². The zero-order valence-corrected chi connectivity index (χ0v) is 10.4. The predicted molar refractivity (Wildman–Crippen MR) is 68.2 cm³/mol. The number of amides is 2. The van der Waals surface area contributed by atoms with Gasteiger partial charge in [-0.15, -0.1) is 0 Å². The molecule has 0 saturated carbocycles. The number of urea groups is 1. The fourth-order valence-electron chi connectivity index (χ4n) is 1.29. The highest BCUT2D eigenvalue weighted by Gasteiger charge is 2.06. The van der Waals surface area contributed by atoms with E-state index in [1.165, 1.54) is 0 Å². The third-order valence-corrected chi connectivity index (χ3v) is 2.16. The van der Waals surface area contributed by atoms with Gasteiger partial charge in [0.2, 0.25) is 0 Å². The van der Waals surface area contributed by atoms with Crippen molar-refractivity contribution in [1.29, 1.82) is 0 Å². The van der Waals surface area contributed by atoms with Crippen molar-refractivity contribution in [2.75, 3.05) is 13.2 Å². The highest BCUT2D eigenvalue weighted by Crippen LogP contribution is 2.08. The molecule has 0 radical (unpaired) electrons. The molecule has 17 heavy (non-hydrogen) atoms. The Morgan fingerprint density at radius 1 is 1.35 bits per heavy atom. The molecule has 4 heteroatoms. The van der Waals surface area contributed by atoms with Gasteiger partial charge in [0, 0.05) is 6.54 Å². The number of ether oxygens (including phenoxy) is 1. The van der Waals surface area contributed by atoms with E-state index in [2.05, 4.69) is 10.6 Å². The van der Waals surface area contributed by atoms with Gasteiger partial charge in [0.1, 0.15) is 12.4 Å². The minimum atomic E-state index is -0.143. The molecule has 1 rings (SSSR count). The zero-order chi connectivity index (χ0) is 12.5. The Hall–Kier alpha value is -1.71. The second kappa shape index (κ2) is 7.54. The van der Waals surface area contributed by atoms with Crippen molar-refractivity contribution in [3.8, 4) is 5.75 Å². The number of carbonyl (C=O) groups is 1. The number of hydrogen-bond acceptors (Lipinski definition) is 2. The van der Waals surface area contributed by atoms with Crippen LogP contribution in [0.1, 0.15) is 20.3 Å². The van der Waals surface area contributed by atoms with Crippen LogP contribution in [-0.2, 0) is 0 Å². The number of rotatable bonds is 6. The molecule has 0 heterocycles. The quantitative estimate of drug-likeness (QED) is 0.795. The van der Waals surface area contributed by atoms with E-state index in [0.717, 1.165) is 12.2 Å². The first-order valence-electron chi connectivity index (χ1n) is 5.94. The lowest BCUT2D eigenvalue weighted by molar-refractivity contribution is 0.226. The van der Waals surface area contributed by atoms with Crippen molar-refractivity contribution < 1.29 is 9.53 Å². The normalized spacial score (nSPS) is 11.6. The topological polar surface area (TPSA) is 50.4 Å². The monoisotopic (exact) mass is 236 g/mol. The third kappa shape index (κ3) is 5.80. The molecule has 4 nitrogen and oxygen atoms in total. The molecular weight excluding hydrogens is 216 g/mol. The Bertz CT molecular complexity index is 327. The summed E-state index contributed by atoms with van der Waals surface area (Å²) in [5.41, 5.74) is 0. The summed E-state index contributed by atoms with van der Waals surface area (Å²) in [7, 11) is 0. The molecule has 0 saturated heterocycles. The van der Waals surface area contributed by atoms with Crippen LogP contribution in [-0.4, -0.2) is 25.2 Å². The van der Waals surface area contributed by atoms with Gasteiger partial charge in [-0.3, -0.25) is 0 Å². The van der Waals surface area contributed by atoms with Gasteiger partial charge in [-0.05, 0) is 25.5 Å². The van der Waals surface area contributed by atoms with Crippen LogP contribution in [0.4, 0.5) is 4.79 Å². The summed E-state index contributed by atoms with van der Waals surface area (Å²) in [5.74, 6) is 0.815. The van der Waals surface area contributed by atoms with E-state index in [1.54, 1.807) is 0 Å². The minimum Gasteiger partial charge on any atom is -0.491 e. The minimum absolute atomic E-state index is 0.0212. The average Bonchev–Trinajstić information content (AvgIpc) is 2.35. The predicted octanol–water partition coefficient (Wildman–Crippen LogP) is 2.16. The third-order valence-electron chi connectivity index (χ3n) is 2.16. The number of para-hydroxylation sites is 1. The molecule has 0 aliphatic rings. The van der Waals surface area contributed by atoms with E-state index in [1.807, 2.05) is 44.2 Å². The standard InChI is InChI=1S/C13H20N2O2/c1-3-9-14-13(16)15-11(2)10-17-12-7-5-4-6-8-12/h4-8,11H,3,9-10H2,1-2H3,(H2,14,15,16)/t11-/m1/s1. The summed E-state index contributed by atoms with van der Waals surface area (Å²) in [4.78, 5) is 11.3. The van der Waals surface area contributed by atoms with Crippen LogP contribution in [0.3, 0.4) is 0 Å². The van der Waals surface area contributed by atoms with Gasteiger partial charge in [0.05, 0.1) is 6.04 Å². The van der Waals surface area contributed by atoms with E-state index < -0.39 is 0 Å². The summed E-state index contributed by atoms with van der Waals surface area (Å²) in [5, 5.41) is 5.57. The van der Waals surface area contributed by atoms with Crippen molar-refractivity contribution in [2.45, 2.75) is 26.3 Å². The van der Waals surface area contributed by atoms with E-state index >= 15 is 0 Å². The number of hydrogen-bond donors (Lipinski definition) is 2. The number of carbonyl (C=O) groups excluding carboxylic acids is 1. The van der Waals surface area contributed by atoms with Crippen molar-refractivity contribution in [2.24, 2.45) is 0 Å². The van der Waals surface area contributed by atoms with Gasteiger partial charge in [-0.25, -0.2) is 4.79 Å². The smallest absolute Gasteiger partial charge is 0.315 e. The van der Waals surface area contributed by atoms with Crippen LogP contribution in [0.5, 0.6) is 5.75 Å². The van der Waals surface area contributed by atoms with Crippen LogP contribution in [0.2, 0.25) is 0 Å². The second-order valence-electron chi connectivity index (χ2n) is 3.93. The van der Waals surface area contributed by atoms with Crippen LogP contribution in [0.25, 0.3) is 0 Å². The van der Waals surface area contributed by atoms with Crippen molar-refractivity contribution >= 4 is 6.03 Å². The molecule has 0 fully saturated rings. The molecule has 1 atom stereocenters. The summed E-state index contributed by atoms with van der Waals surface area (Å²) >= 11 is 0. The van der Waals surface area contributed by atoms with E-state index in [9.17, 15) is 4.79 Å². The molecule has 0 aliphatic carbocycles. The van der Waals surface area contributed by atoms with Crippen molar-refractivity contribution in [1.82, 2.24) is 10.6 Å². The molecule has 1 aromatic rings. The Morgan fingerprint density at radius 2 is 2.06 bits per heavy atom. The SMILES string of the molecule is CCCNC(=O)N[C@H](C)COc1ccccc1. The van der Waals surface area contributed by atoms with Gasteiger partial charge in [-0.2, -0.15) is 0 Å². The first-order valence-corrected chi connectivity index (χ1v) is 5.94. The van der Waals surface area contributed by atoms with Gasteiger partial charge < -0.3 is 15.4 Å². The molecule has 2 amide bonds. The number of benzene rings is 1. The Morgan fingerprint density at radius 3 is 2.71 bits per heavy atom. The van der Waals surface area contributed by atoms with E-state index in [4.69, 9.17) is 4.74 Å². The van der Waals surface area contributed by atoms with Gasteiger partial charge >= 0.3 is 6.03 Å². The molecule has 1 aromatic carbocycles. The molecule has 2 N–H and O–H groups in total. The van der Waals surface area contributed by atoms with Crippen LogP contribution in [0.15, 0.2) is 30.3 Å². The summed E-state index contributed by atoms with van der Waals surface area (Å²) < 4.78 is 5.53. The Kier molecular flexibility index (Phi) is 5.93. The maximum atomic E-state index is 11.3. The molecule has 94 valence electrons. The Labute approximate surface area is 102 Å². The molecule has 0 bridgehead atoms. The lowest BCUT2D eigenvalue weighted by Crippen LogP contribution is -2.43. The van der Waals surface area contributed by atoms with Gasteiger partial charge in [-0.1, -0.05) is 25.1 Å². The molecule has 0 unspecified atom stereocenters. The van der Waals surface area contributed by atoms with Crippen LogP contribution in [0, 0.1) is 0 Å². The first kappa shape index (κ1) is 13.4. The highest BCUT2D eigenvalue weighted by molar-refractivity contribution is 5.74. The molecule has 0 aromatic heterocycles. The van der Waals surface area contributed by atoms with E-state index in [-0.39, 0.29) is 12.1 Å². The van der Waals surface area contributed by atoms with Crippen LogP contribution >= 0.6 is 0 Å². The zero-order valence-electron chi connectivity index (χ0n) is 10.4. The second-order valence-corrected chi connectivity index (χ2v) is 3.93. The highest BCUT2D eigenvalue weighted by atomic mass is 16.5. The molecular formula is C13H20N2O2. The molecule has 0 aliphatic heterocycles. The fourth-order valence-corrected chi connectivity index (χ4v) is 1.29. The van der Waals surface area contributed by atoms with E-state index in [0.29, 0.717) is 13.2 Å². The number of nitrogens with one attached hydrogen (secondary N) is 2. The maximum Gasteiger partial charge on any atom is 0.315 e. The van der Waals surface area contributed by atoms with Gasteiger partial charge in [0.25, 0.3) is 0 Å². The fraction of sp³-hybridized carbons (Fsp3) is 0.462. The largest absolute Gasteiger partial charge is 0.491 e. The summed E-state index contributed by atoms with van der Waals surface area (Å²) in [6.07, 6.45) is 0.933. The van der Waals surface area contributed by atoms with Crippen molar-refractivity contribution in [3.63, 3.8) is 0 Å². The summed E-state index contributed by atoms with van der Waals surface area (Å²) in [6, 6.07) is 9.39. The summed E-state index contributed by atoms with van der Waals surface area (Å²) in [6.45, 7) is 5.08. The Balaban J connectivity index is 2.21. The van der Waals surface area contributed by atoms with Gasteiger partial charge in [0.15, 0.2) is 0 Å².